The molecule has 0 saturated carbocycles. The second-order valence-electron chi connectivity index (χ2n) is 7.82. The van der Waals surface area contributed by atoms with Gasteiger partial charge in [0.15, 0.2) is 0 Å². The molecule has 2 heterocycles. The Kier molecular flexibility index (Phi) is 4.16. The maximum atomic E-state index is 13.2. The zero-order valence-corrected chi connectivity index (χ0v) is 15.7. The van der Waals surface area contributed by atoms with Gasteiger partial charge in [0.05, 0.1) is 6.61 Å². The van der Waals surface area contributed by atoms with Gasteiger partial charge in [0.1, 0.15) is 5.41 Å². The Balaban J connectivity index is 1.86. The number of likely N-dealkylation sites (N-methyl/N-ethyl adjacent to an activating group) is 1. The van der Waals surface area contributed by atoms with Crippen LogP contribution in [-0.2, 0) is 11.2 Å². The highest BCUT2D eigenvalue weighted by atomic mass is 16.3. The Bertz CT molecular complexity index is 885. The molecule has 0 bridgehead atoms. The van der Waals surface area contributed by atoms with Gasteiger partial charge in [-0.2, -0.15) is 0 Å². The van der Waals surface area contributed by atoms with Crippen molar-refractivity contribution in [2.45, 2.75) is 25.8 Å². The summed E-state index contributed by atoms with van der Waals surface area (Å²) in [4.78, 5) is 20.5. The van der Waals surface area contributed by atoms with Crippen LogP contribution in [0.3, 0.4) is 0 Å². The maximum Gasteiger partial charge on any atom is 0.236 e. The SMILES string of the molecule is CCCN(C)C(=O)[C@]1(CO)C=C2c3cccc4[nH]cc(c34)C[C@H]2N(C)C1. The standard InChI is InChI=1S/C21H27N3O2/c1-4-8-23(2)20(26)21(13-25)10-16-15-6-5-7-17-19(15)14(11-22-17)9-18(16)24(3)12-21/h5-7,10-11,18,22,25H,4,8-9,12-13H2,1-3H3/t18-,21-/m1/s1. The third-order valence-electron chi connectivity index (χ3n) is 5.98. The molecule has 2 N–H and O–H groups in total. The van der Waals surface area contributed by atoms with Crippen molar-refractivity contribution in [1.29, 1.82) is 0 Å². The number of amides is 1. The van der Waals surface area contributed by atoms with E-state index in [-0.39, 0.29) is 18.6 Å². The third kappa shape index (κ3) is 2.42. The van der Waals surface area contributed by atoms with Crippen LogP contribution in [0.15, 0.2) is 30.5 Å². The molecule has 1 aliphatic carbocycles. The molecule has 1 aliphatic heterocycles. The molecule has 2 aliphatic rings. The van der Waals surface area contributed by atoms with Gasteiger partial charge >= 0.3 is 0 Å². The van der Waals surface area contributed by atoms with E-state index in [0.717, 1.165) is 18.4 Å². The summed E-state index contributed by atoms with van der Waals surface area (Å²) in [6.45, 7) is 3.14. The number of carbonyl (C=O) groups is 1. The highest BCUT2D eigenvalue weighted by Gasteiger charge is 2.46. The van der Waals surface area contributed by atoms with Crippen molar-refractivity contribution in [1.82, 2.24) is 14.8 Å². The largest absolute Gasteiger partial charge is 0.395 e. The number of H-pyrrole nitrogens is 1. The van der Waals surface area contributed by atoms with Crippen molar-refractivity contribution in [2.75, 3.05) is 33.8 Å². The Morgan fingerprint density at radius 2 is 2.27 bits per heavy atom. The van der Waals surface area contributed by atoms with Crippen molar-refractivity contribution in [2.24, 2.45) is 5.41 Å². The third-order valence-corrected chi connectivity index (χ3v) is 5.98. The van der Waals surface area contributed by atoms with E-state index in [4.69, 9.17) is 0 Å². The lowest BCUT2D eigenvalue weighted by molar-refractivity contribution is -0.141. The summed E-state index contributed by atoms with van der Waals surface area (Å²) in [5.41, 5.74) is 3.94. The number of benzene rings is 1. The van der Waals surface area contributed by atoms with Gasteiger partial charge in [-0.05, 0) is 42.7 Å². The Hall–Kier alpha value is -2.11. The van der Waals surface area contributed by atoms with Gasteiger partial charge in [-0.1, -0.05) is 25.1 Å². The van der Waals surface area contributed by atoms with Gasteiger partial charge in [-0.25, -0.2) is 0 Å². The molecule has 5 heteroatoms. The minimum Gasteiger partial charge on any atom is -0.395 e. The molecule has 1 aromatic carbocycles. The summed E-state index contributed by atoms with van der Waals surface area (Å²) < 4.78 is 0. The van der Waals surface area contributed by atoms with Crippen molar-refractivity contribution < 1.29 is 9.90 Å². The van der Waals surface area contributed by atoms with E-state index in [1.807, 2.05) is 7.05 Å². The summed E-state index contributed by atoms with van der Waals surface area (Å²) in [5.74, 6) is 0.00619. The lowest BCUT2D eigenvalue weighted by Crippen LogP contribution is -2.55. The molecule has 0 unspecified atom stereocenters. The first kappa shape index (κ1) is 17.3. The van der Waals surface area contributed by atoms with E-state index >= 15 is 0 Å². The first-order valence-corrected chi connectivity index (χ1v) is 9.39. The molecule has 2 atom stereocenters. The number of hydrogen-bond donors (Lipinski definition) is 2. The molecule has 0 radical (unpaired) electrons. The van der Waals surface area contributed by atoms with Crippen LogP contribution in [0.5, 0.6) is 0 Å². The molecule has 0 fully saturated rings. The molecule has 4 rings (SSSR count). The summed E-state index contributed by atoms with van der Waals surface area (Å²) in [6.07, 6.45) is 6.01. The second-order valence-corrected chi connectivity index (χ2v) is 7.82. The van der Waals surface area contributed by atoms with Gasteiger partial charge in [0.2, 0.25) is 5.91 Å². The Morgan fingerprint density at radius 1 is 1.46 bits per heavy atom. The average molecular weight is 353 g/mol. The average Bonchev–Trinajstić information content (AvgIpc) is 3.06. The summed E-state index contributed by atoms with van der Waals surface area (Å²) >= 11 is 0. The molecule has 1 amide bonds. The number of aliphatic hydroxyl groups excluding tert-OH is 1. The highest BCUT2D eigenvalue weighted by Crippen LogP contribution is 2.44. The van der Waals surface area contributed by atoms with Gasteiger partial charge in [-0.3, -0.25) is 9.69 Å². The van der Waals surface area contributed by atoms with E-state index in [1.54, 1.807) is 4.90 Å². The van der Waals surface area contributed by atoms with Crippen molar-refractivity contribution >= 4 is 22.4 Å². The number of fused-ring (bicyclic) bond motifs is 2. The van der Waals surface area contributed by atoms with Gasteiger partial charge in [-0.15, -0.1) is 0 Å². The quantitative estimate of drug-likeness (QED) is 0.886. The smallest absolute Gasteiger partial charge is 0.236 e. The van der Waals surface area contributed by atoms with E-state index in [1.165, 1.54) is 22.1 Å². The molecule has 138 valence electrons. The molecular weight excluding hydrogens is 326 g/mol. The number of hydrogen-bond acceptors (Lipinski definition) is 3. The molecule has 0 saturated heterocycles. The number of aromatic nitrogens is 1. The predicted molar refractivity (Wildman–Crippen MR) is 104 cm³/mol. The minimum atomic E-state index is -0.875. The van der Waals surface area contributed by atoms with Gasteiger partial charge < -0.3 is 15.0 Å². The Morgan fingerprint density at radius 3 is 3.00 bits per heavy atom. The normalized spacial score (nSPS) is 25.1. The molecule has 26 heavy (non-hydrogen) atoms. The fraction of sp³-hybridized carbons (Fsp3) is 0.476. The monoisotopic (exact) mass is 353 g/mol. The molecule has 2 aromatic rings. The van der Waals surface area contributed by atoms with Crippen LogP contribution >= 0.6 is 0 Å². The molecular formula is C21H27N3O2. The van der Waals surface area contributed by atoms with Crippen LogP contribution in [0.25, 0.3) is 16.5 Å². The number of aliphatic hydroxyl groups is 1. The summed E-state index contributed by atoms with van der Waals surface area (Å²) in [7, 11) is 3.90. The first-order chi connectivity index (χ1) is 12.5. The van der Waals surface area contributed by atoms with Crippen molar-refractivity contribution in [3.8, 4) is 0 Å². The Labute approximate surface area is 154 Å². The molecule has 5 nitrogen and oxygen atoms in total. The van der Waals surface area contributed by atoms with Crippen LogP contribution < -0.4 is 0 Å². The number of nitrogens with zero attached hydrogens (tertiary/aromatic N) is 2. The van der Waals surface area contributed by atoms with E-state index < -0.39 is 5.41 Å². The number of nitrogens with one attached hydrogen (secondary N) is 1. The molecule has 0 spiro atoms. The molecule has 1 aromatic heterocycles. The first-order valence-electron chi connectivity index (χ1n) is 9.39. The predicted octanol–water partition coefficient (Wildman–Crippen LogP) is 2.27. The van der Waals surface area contributed by atoms with E-state index in [9.17, 15) is 9.90 Å². The van der Waals surface area contributed by atoms with Crippen LogP contribution in [0.1, 0.15) is 24.5 Å². The van der Waals surface area contributed by atoms with Crippen molar-refractivity contribution in [3.05, 3.63) is 41.6 Å². The van der Waals surface area contributed by atoms with Crippen LogP contribution in [0.4, 0.5) is 0 Å². The lowest BCUT2D eigenvalue weighted by Gasteiger charge is -2.45. The van der Waals surface area contributed by atoms with E-state index in [2.05, 4.69) is 54.3 Å². The zero-order valence-electron chi connectivity index (χ0n) is 15.7. The maximum absolute atomic E-state index is 13.2. The zero-order chi connectivity index (χ0) is 18.5. The number of aromatic amines is 1. The van der Waals surface area contributed by atoms with Crippen molar-refractivity contribution in [3.63, 3.8) is 0 Å². The second kappa shape index (κ2) is 6.25. The van der Waals surface area contributed by atoms with Crippen LogP contribution in [0.2, 0.25) is 0 Å². The summed E-state index contributed by atoms with van der Waals surface area (Å²) in [5, 5.41) is 11.5. The fourth-order valence-corrected chi connectivity index (χ4v) is 4.73. The number of rotatable bonds is 4. The lowest BCUT2D eigenvalue weighted by atomic mass is 9.73. The fourth-order valence-electron chi connectivity index (χ4n) is 4.73. The summed E-state index contributed by atoms with van der Waals surface area (Å²) in [6, 6.07) is 6.53. The highest BCUT2D eigenvalue weighted by molar-refractivity contribution is 6.00. The van der Waals surface area contributed by atoms with Gasteiger partial charge in [0.25, 0.3) is 0 Å². The minimum absolute atomic E-state index is 0.00619. The number of carbonyl (C=O) groups excluding carboxylic acids is 1. The van der Waals surface area contributed by atoms with Crippen LogP contribution in [0, 0.1) is 5.41 Å². The topological polar surface area (TPSA) is 59.6 Å². The van der Waals surface area contributed by atoms with Crippen LogP contribution in [-0.4, -0.2) is 65.6 Å². The van der Waals surface area contributed by atoms with E-state index in [0.29, 0.717) is 13.1 Å². The van der Waals surface area contributed by atoms with Gasteiger partial charge in [0, 0.05) is 43.3 Å².